The largest absolute Gasteiger partial charge is 0.447 e. The second-order valence-electron chi connectivity index (χ2n) is 8.80. The molecule has 0 aliphatic carbocycles. The molecule has 2 aliphatic rings. The minimum absolute atomic E-state index is 0.0655. The van der Waals surface area contributed by atoms with Crippen LogP contribution in [0.25, 0.3) is 0 Å². The van der Waals surface area contributed by atoms with E-state index in [-0.39, 0.29) is 39.4 Å². The summed E-state index contributed by atoms with van der Waals surface area (Å²) in [4.78, 5) is 30.2. The van der Waals surface area contributed by atoms with Crippen LogP contribution in [0.2, 0.25) is 10.0 Å². The Balaban J connectivity index is 1.55. The maximum atomic E-state index is 12.9. The molecule has 4 rings (SSSR count). The topological polar surface area (TPSA) is 83.7 Å². The lowest BCUT2D eigenvalue weighted by Crippen LogP contribution is -2.47. The molecule has 1 aromatic heterocycles. The van der Waals surface area contributed by atoms with Gasteiger partial charge in [-0.25, -0.2) is 0 Å². The van der Waals surface area contributed by atoms with Gasteiger partial charge < -0.3 is 24.7 Å². The summed E-state index contributed by atoms with van der Waals surface area (Å²) in [5.41, 5.74) is 2.00. The first-order chi connectivity index (χ1) is 15.1. The van der Waals surface area contributed by atoms with Gasteiger partial charge in [0.2, 0.25) is 0 Å². The molecule has 0 saturated carbocycles. The Hall–Kier alpha value is -2.22. The molecular weight excluding hydrogens is 453 g/mol. The van der Waals surface area contributed by atoms with Crippen LogP contribution in [0, 0.1) is 19.8 Å². The fourth-order valence-corrected chi connectivity index (χ4v) is 4.93. The monoisotopic (exact) mass is 479 g/mol. The predicted octanol–water partition coefficient (Wildman–Crippen LogP) is 4.06. The Morgan fingerprint density at radius 1 is 1.22 bits per heavy atom. The molecule has 2 aliphatic heterocycles. The summed E-state index contributed by atoms with van der Waals surface area (Å²) >= 11 is 13.0. The molecule has 2 aromatic rings. The number of pyridine rings is 1. The molecule has 9 heteroatoms. The highest BCUT2D eigenvalue weighted by Crippen LogP contribution is 2.52. The minimum atomic E-state index is -0.891. The van der Waals surface area contributed by atoms with E-state index in [0.29, 0.717) is 11.3 Å². The first-order valence-electron chi connectivity index (χ1n) is 10.6. The molecule has 1 amide bonds. The number of nitrogens with one attached hydrogen (secondary N) is 2. The summed E-state index contributed by atoms with van der Waals surface area (Å²) in [7, 11) is 2.09. The SMILES string of the molecule is Cc1cc(C)c(CNC(=O)c2cc(Cl)c3c(c2Cl)OC(C)(C2CCN(C)CC2)O3)c(=O)[nH]1. The third-order valence-corrected chi connectivity index (χ3v) is 7.02. The van der Waals surface area contributed by atoms with Crippen LogP contribution in [0.4, 0.5) is 0 Å². The van der Waals surface area contributed by atoms with Crippen LogP contribution in [0.15, 0.2) is 16.9 Å². The molecule has 7 nitrogen and oxygen atoms in total. The van der Waals surface area contributed by atoms with Gasteiger partial charge in [0.25, 0.3) is 17.3 Å². The van der Waals surface area contributed by atoms with Crippen molar-refractivity contribution in [2.24, 2.45) is 5.92 Å². The molecule has 1 aromatic carbocycles. The number of nitrogens with zero attached hydrogens (tertiary/aromatic N) is 1. The van der Waals surface area contributed by atoms with Crippen molar-refractivity contribution in [2.45, 2.75) is 45.9 Å². The van der Waals surface area contributed by atoms with Gasteiger partial charge in [0.15, 0.2) is 11.5 Å². The Morgan fingerprint density at radius 2 is 1.88 bits per heavy atom. The van der Waals surface area contributed by atoms with E-state index in [1.807, 2.05) is 26.8 Å². The van der Waals surface area contributed by atoms with Crippen molar-refractivity contribution < 1.29 is 14.3 Å². The zero-order valence-electron chi connectivity index (χ0n) is 18.6. The van der Waals surface area contributed by atoms with Gasteiger partial charge in [-0.3, -0.25) is 9.59 Å². The third-order valence-electron chi connectivity index (χ3n) is 6.36. The van der Waals surface area contributed by atoms with Crippen LogP contribution < -0.4 is 20.3 Å². The Morgan fingerprint density at radius 3 is 2.53 bits per heavy atom. The number of benzene rings is 1. The number of hydrogen-bond acceptors (Lipinski definition) is 5. The van der Waals surface area contributed by atoms with E-state index in [0.717, 1.165) is 37.2 Å². The molecule has 1 unspecified atom stereocenters. The van der Waals surface area contributed by atoms with Crippen LogP contribution in [0.3, 0.4) is 0 Å². The summed E-state index contributed by atoms with van der Waals surface area (Å²) < 4.78 is 12.3. The zero-order valence-corrected chi connectivity index (χ0v) is 20.1. The number of rotatable bonds is 4. The number of ether oxygens (including phenoxy) is 2. The number of amides is 1. The van der Waals surface area contributed by atoms with E-state index in [2.05, 4.69) is 22.2 Å². The molecule has 2 N–H and O–H groups in total. The quantitative estimate of drug-likeness (QED) is 0.690. The van der Waals surface area contributed by atoms with Crippen molar-refractivity contribution in [2.75, 3.05) is 20.1 Å². The number of aryl methyl sites for hydroxylation is 2. The number of likely N-dealkylation sites (tertiary alicyclic amines) is 1. The van der Waals surface area contributed by atoms with Gasteiger partial charge in [-0.2, -0.15) is 0 Å². The lowest BCUT2D eigenvalue weighted by Gasteiger charge is -2.37. The van der Waals surface area contributed by atoms with Gasteiger partial charge in [-0.15, -0.1) is 0 Å². The van der Waals surface area contributed by atoms with Crippen LogP contribution >= 0.6 is 23.2 Å². The normalized spacial score (nSPS) is 21.1. The van der Waals surface area contributed by atoms with Crippen molar-refractivity contribution in [1.29, 1.82) is 0 Å². The van der Waals surface area contributed by atoms with Crippen LogP contribution in [-0.4, -0.2) is 41.7 Å². The van der Waals surface area contributed by atoms with Crippen LogP contribution in [0.5, 0.6) is 11.5 Å². The summed E-state index contributed by atoms with van der Waals surface area (Å²) in [5.74, 6) is -0.518. The number of H-pyrrole nitrogens is 1. The molecule has 172 valence electrons. The van der Waals surface area contributed by atoms with Crippen molar-refractivity contribution in [3.63, 3.8) is 0 Å². The lowest BCUT2D eigenvalue weighted by molar-refractivity contribution is -0.123. The van der Waals surface area contributed by atoms with E-state index < -0.39 is 11.7 Å². The second kappa shape index (κ2) is 8.61. The summed E-state index contributed by atoms with van der Waals surface area (Å²) in [6.45, 7) is 7.51. The molecule has 3 heterocycles. The van der Waals surface area contributed by atoms with E-state index in [4.69, 9.17) is 32.7 Å². The number of piperidine rings is 1. The van der Waals surface area contributed by atoms with Crippen molar-refractivity contribution >= 4 is 29.1 Å². The number of aromatic nitrogens is 1. The second-order valence-corrected chi connectivity index (χ2v) is 9.59. The Labute approximate surface area is 197 Å². The number of carbonyl (C=O) groups is 1. The molecule has 0 spiro atoms. The third kappa shape index (κ3) is 4.21. The maximum absolute atomic E-state index is 12.9. The van der Waals surface area contributed by atoms with Crippen LogP contribution in [0.1, 0.15) is 46.9 Å². The summed E-state index contributed by atoms with van der Waals surface area (Å²) in [6.07, 6.45) is 1.85. The summed E-state index contributed by atoms with van der Waals surface area (Å²) in [6, 6.07) is 3.34. The molecule has 0 radical (unpaired) electrons. The van der Waals surface area contributed by atoms with Gasteiger partial charge in [-0.1, -0.05) is 23.2 Å². The molecule has 1 saturated heterocycles. The molecular formula is C23H27Cl2N3O4. The van der Waals surface area contributed by atoms with Crippen molar-refractivity contribution in [1.82, 2.24) is 15.2 Å². The van der Waals surface area contributed by atoms with E-state index in [1.165, 1.54) is 6.07 Å². The number of aromatic amines is 1. The highest BCUT2D eigenvalue weighted by atomic mass is 35.5. The smallest absolute Gasteiger partial charge is 0.253 e. The standard InChI is InChI=1S/C23H27Cl2N3O4/c1-12-9-13(2)27-22(30)16(12)11-26-21(29)15-10-17(24)19-20(18(15)25)32-23(3,31-19)14-5-7-28(4)8-6-14/h9-10,14H,5-8,11H2,1-4H3,(H,26,29)(H,27,30). The number of fused-ring (bicyclic) bond motifs is 1. The Kier molecular flexibility index (Phi) is 6.18. The average Bonchev–Trinajstić information content (AvgIpc) is 3.10. The van der Waals surface area contributed by atoms with Crippen LogP contribution in [-0.2, 0) is 6.54 Å². The van der Waals surface area contributed by atoms with Crippen molar-refractivity contribution in [3.05, 3.63) is 54.9 Å². The number of halogens is 2. The first-order valence-corrected chi connectivity index (χ1v) is 11.4. The predicted molar refractivity (Wildman–Crippen MR) is 124 cm³/mol. The Bertz CT molecular complexity index is 1130. The molecule has 32 heavy (non-hydrogen) atoms. The lowest BCUT2D eigenvalue weighted by atomic mass is 9.89. The van der Waals surface area contributed by atoms with E-state index in [1.54, 1.807) is 0 Å². The van der Waals surface area contributed by atoms with Gasteiger partial charge in [0.05, 0.1) is 15.6 Å². The first kappa shape index (κ1) is 23.0. The van der Waals surface area contributed by atoms with Crippen molar-refractivity contribution in [3.8, 4) is 11.5 Å². The van der Waals surface area contributed by atoms with Gasteiger partial charge in [-0.05, 0) is 64.5 Å². The molecule has 1 atom stereocenters. The highest BCUT2D eigenvalue weighted by Gasteiger charge is 2.47. The minimum Gasteiger partial charge on any atom is -0.447 e. The molecule has 0 bridgehead atoms. The summed E-state index contributed by atoms with van der Waals surface area (Å²) in [5, 5.41) is 3.17. The van der Waals surface area contributed by atoms with Gasteiger partial charge in [0.1, 0.15) is 0 Å². The zero-order chi connectivity index (χ0) is 23.2. The maximum Gasteiger partial charge on any atom is 0.253 e. The van der Waals surface area contributed by atoms with E-state index in [9.17, 15) is 9.59 Å². The highest BCUT2D eigenvalue weighted by molar-refractivity contribution is 6.38. The number of hydrogen-bond donors (Lipinski definition) is 2. The fourth-order valence-electron chi connectivity index (χ4n) is 4.43. The van der Waals surface area contributed by atoms with Gasteiger partial charge >= 0.3 is 0 Å². The molecule has 1 fully saturated rings. The number of carbonyl (C=O) groups excluding carboxylic acids is 1. The van der Waals surface area contributed by atoms with Gasteiger partial charge in [0, 0.05) is 30.6 Å². The average molecular weight is 480 g/mol. The fraction of sp³-hybridized carbons (Fsp3) is 0.478. The van der Waals surface area contributed by atoms with E-state index >= 15 is 0 Å².